The van der Waals surface area contributed by atoms with Gasteiger partial charge in [0.05, 0.1) is 4.90 Å². The van der Waals surface area contributed by atoms with Gasteiger partial charge < -0.3 is 9.64 Å². The third-order valence-corrected chi connectivity index (χ3v) is 6.04. The Labute approximate surface area is 151 Å². The highest BCUT2D eigenvalue weighted by Crippen LogP contribution is 2.17. The highest BCUT2D eigenvalue weighted by atomic mass is 32.2. The van der Waals surface area contributed by atoms with Gasteiger partial charge in [0, 0.05) is 32.2 Å². The van der Waals surface area contributed by atoms with Crippen molar-refractivity contribution in [2.24, 2.45) is 0 Å². The molecule has 0 saturated carbocycles. The van der Waals surface area contributed by atoms with Crippen molar-refractivity contribution < 1.29 is 22.3 Å². The molecule has 0 aromatic heterocycles. The molecule has 0 atom stereocenters. The van der Waals surface area contributed by atoms with Crippen LogP contribution in [0.1, 0.15) is 0 Å². The van der Waals surface area contributed by atoms with Crippen LogP contribution in [0.25, 0.3) is 0 Å². The summed E-state index contributed by atoms with van der Waals surface area (Å²) in [6.07, 6.45) is 0. The largest absolute Gasteiger partial charge is 0.484 e. The van der Waals surface area contributed by atoms with E-state index in [-0.39, 0.29) is 49.3 Å². The fourth-order valence-electron chi connectivity index (χ4n) is 2.71. The molecule has 3 rings (SSSR count). The first-order chi connectivity index (χ1) is 12.5. The molecular formula is C18H19FN2O4S. The number of sulfonamides is 1. The lowest BCUT2D eigenvalue weighted by atomic mass is 10.3. The molecule has 0 N–H and O–H groups in total. The van der Waals surface area contributed by atoms with Crippen LogP contribution in [-0.4, -0.2) is 56.3 Å². The van der Waals surface area contributed by atoms with Crippen molar-refractivity contribution in [2.75, 3.05) is 32.8 Å². The van der Waals surface area contributed by atoms with Crippen LogP contribution in [0.15, 0.2) is 59.5 Å². The zero-order valence-corrected chi connectivity index (χ0v) is 14.9. The minimum Gasteiger partial charge on any atom is -0.484 e. The van der Waals surface area contributed by atoms with Crippen LogP contribution in [0.3, 0.4) is 0 Å². The van der Waals surface area contributed by atoms with Crippen molar-refractivity contribution in [3.63, 3.8) is 0 Å². The average Bonchev–Trinajstić information content (AvgIpc) is 2.67. The van der Waals surface area contributed by atoms with Crippen LogP contribution in [0, 0.1) is 5.82 Å². The molecule has 2 aromatic rings. The Morgan fingerprint density at radius 2 is 1.69 bits per heavy atom. The number of carbonyl (C=O) groups excluding carboxylic acids is 1. The van der Waals surface area contributed by atoms with E-state index in [0.717, 1.165) is 0 Å². The van der Waals surface area contributed by atoms with Gasteiger partial charge >= 0.3 is 0 Å². The van der Waals surface area contributed by atoms with E-state index in [1.165, 1.54) is 22.5 Å². The molecule has 138 valence electrons. The molecule has 8 heteroatoms. The number of nitrogens with zero attached hydrogens (tertiary/aromatic N) is 2. The predicted molar refractivity (Wildman–Crippen MR) is 93.7 cm³/mol. The Morgan fingerprint density at radius 3 is 2.35 bits per heavy atom. The minimum atomic E-state index is -3.55. The maximum Gasteiger partial charge on any atom is 0.260 e. The molecule has 1 saturated heterocycles. The van der Waals surface area contributed by atoms with Crippen molar-refractivity contribution in [1.82, 2.24) is 9.21 Å². The second-order valence-corrected chi connectivity index (χ2v) is 7.78. The standard InChI is InChI=1S/C18H19FN2O4S/c19-15-5-4-6-16(13-15)25-14-18(22)20-9-11-21(12-10-20)26(23,24)17-7-2-1-3-8-17/h1-8,13H,9-12,14H2. The maximum atomic E-state index is 13.1. The number of benzene rings is 2. The zero-order chi connectivity index (χ0) is 18.6. The van der Waals surface area contributed by atoms with E-state index < -0.39 is 15.8 Å². The topological polar surface area (TPSA) is 66.9 Å². The SMILES string of the molecule is O=C(COc1cccc(F)c1)N1CCN(S(=O)(=O)c2ccccc2)CC1. The van der Waals surface area contributed by atoms with E-state index in [9.17, 15) is 17.6 Å². The van der Waals surface area contributed by atoms with Crippen molar-refractivity contribution in [2.45, 2.75) is 4.90 Å². The van der Waals surface area contributed by atoms with Gasteiger partial charge in [-0.1, -0.05) is 24.3 Å². The number of amides is 1. The average molecular weight is 378 g/mol. The van der Waals surface area contributed by atoms with Gasteiger partial charge in [0.15, 0.2) is 6.61 Å². The summed E-state index contributed by atoms with van der Waals surface area (Å²) in [5, 5.41) is 0. The van der Waals surface area contributed by atoms with Gasteiger partial charge in [-0.2, -0.15) is 4.31 Å². The van der Waals surface area contributed by atoms with Crippen LogP contribution in [0.5, 0.6) is 5.75 Å². The second-order valence-electron chi connectivity index (χ2n) is 5.84. The molecule has 6 nitrogen and oxygen atoms in total. The van der Waals surface area contributed by atoms with Crippen LogP contribution in [0.4, 0.5) is 4.39 Å². The van der Waals surface area contributed by atoms with Crippen molar-refractivity contribution >= 4 is 15.9 Å². The molecule has 0 bridgehead atoms. The smallest absolute Gasteiger partial charge is 0.260 e. The Hall–Kier alpha value is -2.45. The molecule has 2 aromatic carbocycles. The van der Waals surface area contributed by atoms with E-state index in [4.69, 9.17) is 4.74 Å². The van der Waals surface area contributed by atoms with Crippen molar-refractivity contribution in [3.05, 3.63) is 60.4 Å². The van der Waals surface area contributed by atoms with Crippen molar-refractivity contribution in [1.29, 1.82) is 0 Å². The molecule has 0 unspecified atom stereocenters. The molecule has 1 aliphatic rings. The molecule has 1 heterocycles. The molecule has 26 heavy (non-hydrogen) atoms. The third kappa shape index (κ3) is 4.20. The molecule has 0 spiro atoms. The molecule has 0 aliphatic carbocycles. The summed E-state index contributed by atoms with van der Waals surface area (Å²) in [4.78, 5) is 14.0. The lowest BCUT2D eigenvalue weighted by Crippen LogP contribution is -2.51. The van der Waals surface area contributed by atoms with Gasteiger partial charge in [-0.15, -0.1) is 0 Å². The first-order valence-electron chi connectivity index (χ1n) is 8.18. The van der Waals surface area contributed by atoms with Crippen LogP contribution in [0.2, 0.25) is 0 Å². The zero-order valence-electron chi connectivity index (χ0n) is 14.0. The Morgan fingerprint density at radius 1 is 1.00 bits per heavy atom. The summed E-state index contributed by atoms with van der Waals surface area (Å²) >= 11 is 0. The number of piperazine rings is 1. The monoisotopic (exact) mass is 378 g/mol. The fraction of sp³-hybridized carbons (Fsp3) is 0.278. The molecule has 1 amide bonds. The number of halogens is 1. The number of ether oxygens (including phenoxy) is 1. The van der Waals surface area contributed by atoms with Gasteiger partial charge in [-0.25, -0.2) is 12.8 Å². The third-order valence-electron chi connectivity index (χ3n) is 4.13. The second kappa shape index (κ2) is 7.84. The van der Waals surface area contributed by atoms with Crippen LogP contribution >= 0.6 is 0 Å². The highest BCUT2D eigenvalue weighted by molar-refractivity contribution is 7.89. The normalized spacial score (nSPS) is 15.7. The molecule has 1 fully saturated rings. The van der Waals surface area contributed by atoms with E-state index in [2.05, 4.69) is 0 Å². The summed E-state index contributed by atoms with van der Waals surface area (Å²) in [7, 11) is -3.55. The fourth-order valence-corrected chi connectivity index (χ4v) is 4.16. The summed E-state index contributed by atoms with van der Waals surface area (Å²) in [6, 6.07) is 13.8. The summed E-state index contributed by atoms with van der Waals surface area (Å²) in [5.41, 5.74) is 0. The van der Waals surface area contributed by atoms with Gasteiger partial charge in [-0.05, 0) is 24.3 Å². The van der Waals surface area contributed by atoms with Crippen LogP contribution in [-0.2, 0) is 14.8 Å². The first-order valence-corrected chi connectivity index (χ1v) is 9.62. The maximum absolute atomic E-state index is 13.1. The molecule has 0 radical (unpaired) electrons. The summed E-state index contributed by atoms with van der Waals surface area (Å²) in [5.74, 6) is -0.413. The minimum absolute atomic E-state index is 0.213. The Bertz CT molecular complexity index is 866. The van der Waals surface area contributed by atoms with E-state index in [1.54, 1.807) is 41.3 Å². The Balaban J connectivity index is 1.54. The lowest BCUT2D eigenvalue weighted by molar-refractivity contribution is -0.134. The quantitative estimate of drug-likeness (QED) is 0.795. The van der Waals surface area contributed by atoms with Gasteiger partial charge in [0.25, 0.3) is 5.91 Å². The summed E-state index contributed by atoms with van der Waals surface area (Å²) in [6.45, 7) is 0.815. The highest BCUT2D eigenvalue weighted by Gasteiger charge is 2.30. The lowest BCUT2D eigenvalue weighted by Gasteiger charge is -2.33. The van der Waals surface area contributed by atoms with Gasteiger partial charge in [-0.3, -0.25) is 4.79 Å². The van der Waals surface area contributed by atoms with Gasteiger partial charge in [0.1, 0.15) is 11.6 Å². The Kier molecular flexibility index (Phi) is 5.53. The first kappa shape index (κ1) is 18.3. The molecule has 1 aliphatic heterocycles. The molecular weight excluding hydrogens is 359 g/mol. The van der Waals surface area contributed by atoms with E-state index >= 15 is 0 Å². The predicted octanol–water partition coefficient (Wildman–Crippen LogP) is 1.74. The number of rotatable bonds is 5. The van der Waals surface area contributed by atoms with E-state index in [0.29, 0.717) is 0 Å². The number of carbonyl (C=O) groups is 1. The van der Waals surface area contributed by atoms with E-state index in [1.807, 2.05) is 0 Å². The number of hydrogen-bond acceptors (Lipinski definition) is 4. The van der Waals surface area contributed by atoms with Crippen LogP contribution < -0.4 is 4.74 Å². The number of hydrogen-bond donors (Lipinski definition) is 0. The van der Waals surface area contributed by atoms with Gasteiger partial charge in [0.2, 0.25) is 10.0 Å². The summed E-state index contributed by atoms with van der Waals surface area (Å²) < 4.78 is 44.9. The van der Waals surface area contributed by atoms with Crippen molar-refractivity contribution in [3.8, 4) is 5.75 Å².